The van der Waals surface area contributed by atoms with E-state index in [0.717, 1.165) is 41.3 Å². The molecule has 4 rings (SSSR count). The highest BCUT2D eigenvalue weighted by atomic mass is 16.5. The maximum Gasteiger partial charge on any atom is 0.330 e. The van der Waals surface area contributed by atoms with Crippen molar-refractivity contribution in [3.63, 3.8) is 0 Å². The van der Waals surface area contributed by atoms with Crippen molar-refractivity contribution in [2.45, 2.75) is 20.8 Å². The van der Waals surface area contributed by atoms with Crippen LogP contribution in [0, 0.1) is 13.8 Å². The number of morpholine rings is 1. The van der Waals surface area contributed by atoms with E-state index in [-0.39, 0.29) is 5.97 Å². The van der Waals surface area contributed by atoms with Crippen molar-refractivity contribution in [1.29, 1.82) is 0 Å². The fraction of sp³-hybridized carbons (Fsp3) is 0.296. The third-order valence-electron chi connectivity index (χ3n) is 5.45. The molecule has 0 unspecified atom stereocenters. The van der Waals surface area contributed by atoms with Gasteiger partial charge in [-0.05, 0) is 67.3 Å². The number of hydrogen-bond acceptors (Lipinski definition) is 7. The lowest BCUT2D eigenvalue weighted by molar-refractivity contribution is -0.137. The minimum absolute atomic E-state index is 0.353. The average molecular weight is 459 g/mol. The van der Waals surface area contributed by atoms with E-state index >= 15 is 0 Å². The Morgan fingerprint density at radius 2 is 1.91 bits per heavy atom. The first-order valence-electron chi connectivity index (χ1n) is 11.5. The summed E-state index contributed by atoms with van der Waals surface area (Å²) < 4.78 is 10.5. The Morgan fingerprint density at radius 1 is 1.15 bits per heavy atom. The molecule has 1 aliphatic rings. The lowest BCUT2D eigenvalue weighted by Crippen LogP contribution is -2.37. The van der Waals surface area contributed by atoms with E-state index in [2.05, 4.69) is 47.2 Å². The van der Waals surface area contributed by atoms with Crippen LogP contribution in [-0.2, 0) is 14.3 Å². The van der Waals surface area contributed by atoms with Gasteiger partial charge in [-0.3, -0.25) is 0 Å². The molecule has 2 aromatic carbocycles. The van der Waals surface area contributed by atoms with Gasteiger partial charge in [-0.15, -0.1) is 0 Å². The van der Waals surface area contributed by atoms with Crippen LogP contribution >= 0.6 is 0 Å². The van der Waals surface area contributed by atoms with Crippen molar-refractivity contribution in [3.8, 4) is 11.1 Å². The molecule has 7 nitrogen and oxygen atoms in total. The summed E-state index contributed by atoms with van der Waals surface area (Å²) in [5.74, 6) is 1.05. The van der Waals surface area contributed by atoms with Gasteiger partial charge in [0.2, 0.25) is 5.95 Å². The summed E-state index contributed by atoms with van der Waals surface area (Å²) >= 11 is 0. The summed E-state index contributed by atoms with van der Waals surface area (Å²) in [7, 11) is 0. The molecule has 1 aliphatic heterocycles. The summed E-state index contributed by atoms with van der Waals surface area (Å²) in [5, 5.41) is 3.36. The second-order valence-corrected chi connectivity index (χ2v) is 8.24. The normalized spacial score (nSPS) is 13.8. The number of anilines is 3. The van der Waals surface area contributed by atoms with Crippen LogP contribution in [-0.4, -0.2) is 48.8 Å². The van der Waals surface area contributed by atoms with Gasteiger partial charge < -0.3 is 19.7 Å². The lowest BCUT2D eigenvalue weighted by Gasteiger charge is -2.29. The average Bonchev–Trinajstić information content (AvgIpc) is 2.83. The van der Waals surface area contributed by atoms with Crippen LogP contribution in [0.2, 0.25) is 0 Å². The van der Waals surface area contributed by atoms with Gasteiger partial charge in [0.25, 0.3) is 0 Å². The van der Waals surface area contributed by atoms with Crippen LogP contribution in [0.15, 0.2) is 54.7 Å². The van der Waals surface area contributed by atoms with E-state index in [0.29, 0.717) is 25.8 Å². The maximum atomic E-state index is 11.7. The van der Waals surface area contributed by atoms with Gasteiger partial charge in [-0.25, -0.2) is 9.78 Å². The van der Waals surface area contributed by atoms with Gasteiger partial charge in [-0.1, -0.05) is 24.3 Å². The molecule has 0 radical (unpaired) electrons. The fourth-order valence-electron chi connectivity index (χ4n) is 3.99. The van der Waals surface area contributed by atoms with Crippen molar-refractivity contribution >= 4 is 29.5 Å². The molecular formula is C27H30N4O3. The molecule has 0 atom stereocenters. The van der Waals surface area contributed by atoms with Crippen molar-refractivity contribution in [2.75, 3.05) is 43.1 Å². The molecule has 0 bridgehead atoms. The second-order valence-electron chi connectivity index (χ2n) is 8.24. The van der Waals surface area contributed by atoms with E-state index < -0.39 is 0 Å². The Labute approximate surface area is 200 Å². The molecular weight excluding hydrogens is 428 g/mol. The second kappa shape index (κ2) is 10.9. The molecule has 176 valence electrons. The highest BCUT2D eigenvalue weighted by Crippen LogP contribution is 2.31. The van der Waals surface area contributed by atoms with E-state index in [1.807, 2.05) is 30.5 Å². The Hall–Kier alpha value is -3.71. The molecule has 0 amide bonds. The predicted octanol–water partition coefficient (Wildman–Crippen LogP) is 4.92. The molecule has 0 saturated carbocycles. The van der Waals surface area contributed by atoms with Crippen molar-refractivity contribution < 1.29 is 14.3 Å². The molecule has 0 spiro atoms. The smallest absolute Gasteiger partial charge is 0.330 e. The van der Waals surface area contributed by atoms with Gasteiger partial charge in [0.15, 0.2) is 0 Å². The molecule has 1 N–H and O–H groups in total. The summed E-state index contributed by atoms with van der Waals surface area (Å²) in [6.45, 7) is 9.13. The van der Waals surface area contributed by atoms with Crippen molar-refractivity contribution in [1.82, 2.24) is 9.97 Å². The number of aryl methyl sites for hydroxylation is 2. The molecule has 2 heterocycles. The maximum absolute atomic E-state index is 11.7. The molecule has 1 aromatic heterocycles. The third kappa shape index (κ3) is 5.99. The van der Waals surface area contributed by atoms with Gasteiger partial charge >= 0.3 is 5.97 Å². The van der Waals surface area contributed by atoms with Crippen LogP contribution < -0.4 is 10.2 Å². The van der Waals surface area contributed by atoms with Crippen LogP contribution in [0.1, 0.15) is 23.6 Å². The Bertz CT molecular complexity index is 1170. The highest BCUT2D eigenvalue weighted by molar-refractivity contribution is 5.87. The van der Waals surface area contributed by atoms with E-state index in [9.17, 15) is 4.79 Å². The Kier molecular flexibility index (Phi) is 7.54. The molecule has 0 aliphatic carbocycles. The topological polar surface area (TPSA) is 76.6 Å². The lowest BCUT2D eigenvalue weighted by atomic mass is 10.0. The molecule has 1 saturated heterocycles. The minimum atomic E-state index is -0.355. The number of benzene rings is 2. The van der Waals surface area contributed by atoms with Crippen molar-refractivity contribution in [2.24, 2.45) is 0 Å². The first-order chi connectivity index (χ1) is 16.5. The summed E-state index contributed by atoms with van der Waals surface area (Å²) in [4.78, 5) is 23.5. The van der Waals surface area contributed by atoms with Crippen LogP contribution in [0.4, 0.5) is 17.5 Å². The molecule has 3 aromatic rings. The number of nitrogens with one attached hydrogen (secondary N) is 1. The van der Waals surface area contributed by atoms with E-state index in [1.54, 1.807) is 13.0 Å². The number of carbonyl (C=O) groups excluding carboxylic acids is 1. The van der Waals surface area contributed by atoms with Gasteiger partial charge in [-0.2, -0.15) is 4.98 Å². The number of esters is 1. The summed E-state index contributed by atoms with van der Waals surface area (Å²) in [5.41, 5.74) is 6.13. The predicted molar refractivity (Wildman–Crippen MR) is 135 cm³/mol. The van der Waals surface area contributed by atoms with Gasteiger partial charge in [0.05, 0.1) is 19.8 Å². The SMILES string of the molecule is CCOC(=O)/C=C/c1cccc(-c2cnc(Nc3cc(C)cc(C)c3)nc2N2CCOCC2)c1. The quantitative estimate of drug-likeness (QED) is 0.398. The third-order valence-corrected chi connectivity index (χ3v) is 5.45. The van der Waals surface area contributed by atoms with Crippen LogP contribution in [0.3, 0.4) is 0 Å². The van der Waals surface area contributed by atoms with E-state index in [4.69, 9.17) is 14.5 Å². The summed E-state index contributed by atoms with van der Waals surface area (Å²) in [6, 6.07) is 14.3. The molecule has 34 heavy (non-hydrogen) atoms. The van der Waals surface area contributed by atoms with Crippen LogP contribution in [0.25, 0.3) is 17.2 Å². The van der Waals surface area contributed by atoms with Gasteiger partial charge in [0.1, 0.15) is 5.82 Å². The highest BCUT2D eigenvalue weighted by Gasteiger charge is 2.19. The monoisotopic (exact) mass is 458 g/mol. The number of hydrogen-bond donors (Lipinski definition) is 1. The number of aromatic nitrogens is 2. The molecule has 7 heteroatoms. The van der Waals surface area contributed by atoms with Crippen LogP contribution in [0.5, 0.6) is 0 Å². The number of nitrogens with zero attached hydrogens (tertiary/aromatic N) is 3. The zero-order valence-electron chi connectivity index (χ0n) is 19.9. The Balaban J connectivity index is 1.68. The number of rotatable bonds is 7. The van der Waals surface area contributed by atoms with Crippen molar-refractivity contribution in [3.05, 3.63) is 71.4 Å². The Morgan fingerprint density at radius 3 is 2.65 bits per heavy atom. The minimum Gasteiger partial charge on any atom is -0.463 e. The summed E-state index contributed by atoms with van der Waals surface area (Å²) in [6.07, 6.45) is 5.06. The first kappa shape index (κ1) is 23.4. The zero-order chi connectivity index (χ0) is 23.9. The zero-order valence-corrected chi connectivity index (χ0v) is 19.9. The van der Waals surface area contributed by atoms with E-state index in [1.165, 1.54) is 17.2 Å². The molecule has 1 fully saturated rings. The number of carbonyl (C=O) groups is 1. The van der Waals surface area contributed by atoms with Gasteiger partial charge in [0, 0.05) is 36.6 Å². The largest absolute Gasteiger partial charge is 0.463 e. The standard InChI is InChI=1S/C27H30N4O3/c1-4-34-25(32)9-8-21-6-5-7-22(17-21)24-18-28-27(29-23-15-19(2)14-20(3)16-23)30-26(24)31-10-12-33-13-11-31/h5-9,14-18H,4,10-13H2,1-3H3,(H,28,29,30)/b9-8+. The fourth-order valence-corrected chi connectivity index (χ4v) is 3.99. The first-order valence-corrected chi connectivity index (χ1v) is 11.5. The number of ether oxygens (including phenoxy) is 2.